The number of nitrogens with one attached hydrogen (secondary N) is 2. The molecule has 0 aromatic heterocycles. The Bertz CT molecular complexity index is 1410. The number of carboxylic acids is 1. The van der Waals surface area contributed by atoms with Gasteiger partial charge in [0, 0.05) is 23.7 Å². The Morgan fingerprint density at radius 3 is 1.93 bits per heavy atom. The van der Waals surface area contributed by atoms with Crippen LogP contribution in [0.15, 0.2) is 72.8 Å². The highest BCUT2D eigenvalue weighted by atomic mass is 19.4. The predicted molar refractivity (Wildman–Crippen MR) is 163 cm³/mol. The van der Waals surface area contributed by atoms with E-state index in [1.54, 1.807) is 24.3 Å². The van der Waals surface area contributed by atoms with Gasteiger partial charge in [0.1, 0.15) is 5.75 Å². The van der Waals surface area contributed by atoms with Gasteiger partial charge in [0.25, 0.3) is 5.91 Å². The minimum absolute atomic E-state index is 0.0154. The molecular weight excluding hydrogens is 573 g/mol. The number of alkyl halides is 3. The Balaban J connectivity index is 2.00. The summed E-state index contributed by atoms with van der Waals surface area (Å²) in [7, 11) is 0. The van der Waals surface area contributed by atoms with Crippen molar-refractivity contribution in [1.82, 2.24) is 5.32 Å². The van der Waals surface area contributed by atoms with Crippen LogP contribution in [0.25, 0.3) is 0 Å². The summed E-state index contributed by atoms with van der Waals surface area (Å²) in [6.07, 6.45) is -4.36. The molecule has 0 aliphatic rings. The second-order valence-electron chi connectivity index (χ2n) is 11.8. The number of anilines is 1. The van der Waals surface area contributed by atoms with Crippen molar-refractivity contribution >= 4 is 23.5 Å². The van der Waals surface area contributed by atoms with E-state index in [1.165, 1.54) is 24.3 Å². The molecule has 3 N–H and O–H groups in total. The number of ether oxygens (including phenoxy) is 1. The minimum Gasteiger partial charge on any atom is -0.481 e. The lowest BCUT2D eigenvalue weighted by Gasteiger charge is -2.32. The average Bonchev–Trinajstić information content (AvgIpc) is 2.95. The molecule has 0 heterocycles. The molecular formula is C34H39F3N2O5. The number of carbonyl (C=O) groups excluding carboxylic acids is 2. The predicted octanol–water partition coefficient (Wildman–Crippen LogP) is 7.64. The molecule has 236 valence electrons. The van der Waals surface area contributed by atoms with Crippen LogP contribution in [0.3, 0.4) is 0 Å². The van der Waals surface area contributed by atoms with E-state index >= 15 is 0 Å². The average molecular weight is 613 g/mol. The van der Waals surface area contributed by atoms with Gasteiger partial charge in [0.2, 0.25) is 5.91 Å². The molecule has 0 aliphatic heterocycles. The van der Waals surface area contributed by atoms with Crippen LogP contribution in [0.5, 0.6) is 5.75 Å². The van der Waals surface area contributed by atoms with E-state index in [9.17, 15) is 27.6 Å². The van der Waals surface area contributed by atoms with E-state index in [4.69, 9.17) is 5.11 Å². The molecule has 7 nitrogen and oxygen atoms in total. The molecule has 10 heteroatoms. The van der Waals surface area contributed by atoms with E-state index in [1.807, 2.05) is 38.1 Å². The summed E-state index contributed by atoms with van der Waals surface area (Å²) >= 11 is 0. The molecule has 0 saturated heterocycles. The van der Waals surface area contributed by atoms with Crippen molar-refractivity contribution in [3.63, 3.8) is 0 Å². The van der Waals surface area contributed by atoms with Crippen LogP contribution < -0.4 is 15.4 Å². The number of hydrogen-bond acceptors (Lipinski definition) is 4. The monoisotopic (exact) mass is 612 g/mol. The SMILES string of the molecule is CC[C@@H](C)[C@@H](c1ccc(C(=O)NCCC(=O)O)cc1)[C@H](C(=O)Nc1ccc(C(C)(C)C)cc1)c1ccc(OC(F)(F)F)cc1. The summed E-state index contributed by atoms with van der Waals surface area (Å²) in [6.45, 7) is 10.2. The summed E-state index contributed by atoms with van der Waals surface area (Å²) in [5.74, 6) is -3.43. The van der Waals surface area contributed by atoms with E-state index < -0.39 is 35.8 Å². The van der Waals surface area contributed by atoms with E-state index in [-0.39, 0.29) is 30.2 Å². The molecule has 3 rings (SSSR count). The first kappa shape index (κ1) is 34.2. The molecule has 3 atom stereocenters. The lowest BCUT2D eigenvalue weighted by molar-refractivity contribution is -0.274. The third-order valence-electron chi connectivity index (χ3n) is 7.57. The van der Waals surface area contributed by atoms with Gasteiger partial charge >= 0.3 is 12.3 Å². The van der Waals surface area contributed by atoms with Crippen LogP contribution in [0.1, 0.15) is 86.3 Å². The maximum Gasteiger partial charge on any atom is 0.573 e. The number of hydrogen-bond donors (Lipinski definition) is 3. The molecule has 2 amide bonds. The highest BCUT2D eigenvalue weighted by molar-refractivity contribution is 5.97. The van der Waals surface area contributed by atoms with Gasteiger partial charge in [-0.3, -0.25) is 14.4 Å². The van der Waals surface area contributed by atoms with E-state index in [0.29, 0.717) is 23.2 Å². The largest absolute Gasteiger partial charge is 0.573 e. The number of benzene rings is 3. The first-order valence-electron chi connectivity index (χ1n) is 14.5. The van der Waals surface area contributed by atoms with Crippen LogP contribution in [0.2, 0.25) is 0 Å². The van der Waals surface area contributed by atoms with Gasteiger partial charge in [-0.15, -0.1) is 13.2 Å². The maximum atomic E-state index is 14.1. The third kappa shape index (κ3) is 9.59. The van der Waals surface area contributed by atoms with Crippen LogP contribution in [0.4, 0.5) is 18.9 Å². The second-order valence-corrected chi connectivity index (χ2v) is 11.8. The number of aliphatic carboxylic acids is 1. The van der Waals surface area contributed by atoms with Crippen LogP contribution in [-0.2, 0) is 15.0 Å². The molecule has 3 aromatic carbocycles. The number of carbonyl (C=O) groups is 3. The van der Waals surface area contributed by atoms with Gasteiger partial charge in [0.05, 0.1) is 12.3 Å². The van der Waals surface area contributed by atoms with Crippen LogP contribution >= 0.6 is 0 Å². The Morgan fingerprint density at radius 2 is 1.43 bits per heavy atom. The fraction of sp³-hybridized carbons (Fsp3) is 0.382. The molecule has 0 aliphatic carbocycles. The van der Waals surface area contributed by atoms with Gasteiger partial charge in [-0.2, -0.15) is 0 Å². The normalized spacial score (nSPS) is 13.8. The fourth-order valence-electron chi connectivity index (χ4n) is 5.02. The highest BCUT2D eigenvalue weighted by Crippen LogP contribution is 2.42. The third-order valence-corrected chi connectivity index (χ3v) is 7.57. The van der Waals surface area contributed by atoms with Gasteiger partial charge in [0.15, 0.2) is 0 Å². The molecule has 44 heavy (non-hydrogen) atoms. The van der Waals surface area contributed by atoms with Gasteiger partial charge in [-0.1, -0.05) is 77.4 Å². The highest BCUT2D eigenvalue weighted by Gasteiger charge is 2.35. The van der Waals surface area contributed by atoms with Crippen molar-refractivity contribution in [2.24, 2.45) is 5.92 Å². The topological polar surface area (TPSA) is 105 Å². The minimum atomic E-state index is -4.85. The quantitative estimate of drug-likeness (QED) is 0.195. The molecule has 0 saturated carbocycles. The number of halogens is 3. The summed E-state index contributed by atoms with van der Waals surface area (Å²) in [5, 5.41) is 14.4. The molecule has 0 bridgehead atoms. The Kier molecular flexibility index (Phi) is 11.2. The number of amides is 2. The molecule has 0 radical (unpaired) electrons. The first-order valence-corrected chi connectivity index (χ1v) is 14.5. The summed E-state index contributed by atoms with van der Waals surface area (Å²) in [4.78, 5) is 37.4. The zero-order valence-electron chi connectivity index (χ0n) is 25.5. The first-order chi connectivity index (χ1) is 20.6. The summed E-state index contributed by atoms with van der Waals surface area (Å²) in [5.41, 5.74) is 3.20. The zero-order valence-corrected chi connectivity index (χ0v) is 25.5. The summed E-state index contributed by atoms with van der Waals surface area (Å²) < 4.78 is 42.5. The zero-order chi connectivity index (χ0) is 32.7. The summed E-state index contributed by atoms with van der Waals surface area (Å²) in [6, 6.07) is 19.6. The van der Waals surface area contributed by atoms with Crippen molar-refractivity contribution in [3.8, 4) is 5.75 Å². The molecule has 0 spiro atoms. The van der Waals surface area contributed by atoms with Crippen molar-refractivity contribution in [3.05, 3.63) is 95.1 Å². The van der Waals surface area contributed by atoms with Gasteiger partial charge < -0.3 is 20.5 Å². The fourth-order valence-corrected chi connectivity index (χ4v) is 5.02. The van der Waals surface area contributed by atoms with Crippen molar-refractivity contribution < 1.29 is 37.4 Å². The lowest BCUT2D eigenvalue weighted by Crippen LogP contribution is -2.30. The molecule has 0 unspecified atom stereocenters. The van der Waals surface area contributed by atoms with Crippen molar-refractivity contribution in [1.29, 1.82) is 0 Å². The van der Waals surface area contributed by atoms with Crippen LogP contribution in [0, 0.1) is 5.92 Å². The van der Waals surface area contributed by atoms with Crippen molar-refractivity contribution in [2.75, 3.05) is 11.9 Å². The van der Waals surface area contributed by atoms with Gasteiger partial charge in [-0.25, -0.2) is 0 Å². The Hall–Kier alpha value is -4.34. The van der Waals surface area contributed by atoms with E-state index in [2.05, 4.69) is 36.1 Å². The van der Waals surface area contributed by atoms with Crippen molar-refractivity contribution in [2.45, 2.75) is 71.1 Å². The number of rotatable bonds is 12. The number of carboxylic acid groups (broad SMARTS) is 1. The lowest BCUT2D eigenvalue weighted by atomic mass is 9.73. The van der Waals surface area contributed by atoms with E-state index in [0.717, 1.165) is 11.1 Å². The maximum absolute atomic E-state index is 14.1. The Labute approximate surface area is 255 Å². The molecule has 0 fully saturated rings. The van der Waals surface area contributed by atoms with Gasteiger partial charge in [-0.05, 0) is 64.4 Å². The molecule has 3 aromatic rings. The second kappa shape index (κ2) is 14.4. The van der Waals surface area contributed by atoms with Crippen LogP contribution in [-0.4, -0.2) is 35.8 Å². The standard InChI is InChI=1S/C34H39F3N2O5/c1-6-21(2)29(22-7-9-24(10-8-22)31(42)38-20-19-28(40)41)30(23-11-17-27(18-12-23)44-34(35,36)37)32(43)39-26-15-13-25(14-16-26)33(3,4)5/h7-18,21,29-30H,6,19-20H2,1-5H3,(H,38,42)(H,39,43)(H,40,41)/t21-,29+,30-/m1/s1. The smallest absolute Gasteiger partial charge is 0.481 e. The Morgan fingerprint density at radius 1 is 0.864 bits per heavy atom.